The van der Waals surface area contributed by atoms with E-state index in [9.17, 15) is 4.79 Å². The van der Waals surface area contributed by atoms with E-state index in [-0.39, 0.29) is 11.9 Å². The molecule has 128 valence electrons. The van der Waals surface area contributed by atoms with E-state index in [0.29, 0.717) is 5.92 Å². The van der Waals surface area contributed by atoms with Gasteiger partial charge < -0.3 is 19.9 Å². The molecule has 1 saturated heterocycles. The van der Waals surface area contributed by atoms with Crippen molar-refractivity contribution in [3.8, 4) is 5.75 Å². The summed E-state index contributed by atoms with van der Waals surface area (Å²) in [6, 6.07) is 8.21. The first-order chi connectivity index (χ1) is 11.0. The number of piperazine rings is 1. The minimum absolute atomic E-state index is 0.0202. The quantitative estimate of drug-likeness (QED) is 0.805. The summed E-state index contributed by atoms with van der Waals surface area (Å²) >= 11 is 0. The highest BCUT2D eigenvalue weighted by molar-refractivity contribution is 5.79. The van der Waals surface area contributed by atoms with Crippen molar-refractivity contribution >= 4 is 11.6 Å². The molecular weight excluding hydrogens is 290 g/mol. The van der Waals surface area contributed by atoms with Crippen LogP contribution in [0.25, 0.3) is 0 Å². The normalized spacial score (nSPS) is 17.2. The number of carbonyl (C=O) groups excluding carboxylic acids is 1. The molecule has 1 fully saturated rings. The zero-order valence-corrected chi connectivity index (χ0v) is 14.8. The van der Waals surface area contributed by atoms with Gasteiger partial charge in [-0.15, -0.1) is 0 Å². The van der Waals surface area contributed by atoms with Gasteiger partial charge in [-0.3, -0.25) is 4.79 Å². The lowest BCUT2D eigenvalue weighted by Gasteiger charge is -2.36. The molecule has 1 atom stereocenters. The Labute approximate surface area is 139 Å². The van der Waals surface area contributed by atoms with Crippen LogP contribution in [0.3, 0.4) is 0 Å². The smallest absolute Gasteiger partial charge is 0.278 e. The minimum atomic E-state index is 0.0202. The number of amides is 1. The maximum Gasteiger partial charge on any atom is 0.278 e. The van der Waals surface area contributed by atoms with Crippen molar-refractivity contribution in [2.24, 2.45) is 5.92 Å². The lowest BCUT2D eigenvalue weighted by Crippen LogP contribution is -3.19. The molecule has 0 saturated carbocycles. The number of nitrogens with zero attached hydrogens (tertiary/aromatic N) is 1. The van der Waals surface area contributed by atoms with Crippen LogP contribution < -0.4 is 19.9 Å². The highest BCUT2D eigenvalue weighted by atomic mass is 16.5. The van der Waals surface area contributed by atoms with Crippen LogP contribution in [0, 0.1) is 5.92 Å². The molecule has 5 heteroatoms. The molecule has 0 radical (unpaired) electrons. The van der Waals surface area contributed by atoms with E-state index in [1.165, 1.54) is 10.6 Å². The summed E-state index contributed by atoms with van der Waals surface area (Å²) in [7, 11) is 1.68. The summed E-state index contributed by atoms with van der Waals surface area (Å²) in [5, 5.41) is 3.05. The van der Waals surface area contributed by atoms with Gasteiger partial charge in [0.1, 0.15) is 5.75 Å². The summed E-state index contributed by atoms with van der Waals surface area (Å²) in [6.07, 6.45) is 0. The molecule has 23 heavy (non-hydrogen) atoms. The zero-order valence-electron chi connectivity index (χ0n) is 14.8. The zero-order chi connectivity index (χ0) is 16.8. The van der Waals surface area contributed by atoms with Crippen LogP contribution in [-0.4, -0.2) is 51.8 Å². The molecule has 1 aliphatic rings. The first-order valence-corrected chi connectivity index (χ1v) is 8.52. The molecule has 1 amide bonds. The van der Waals surface area contributed by atoms with E-state index >= 15 is 0 Å². The van der Waals surface area contributed by atoms with Gasteiger partial charge in [0.05, 0.1) is 33.3 Å². The first-order valence-electron chi connectivity index (χ1n) is 8.52. The Morgan fingerprint density at radius 2 is 1.83 bits per heavy atom. The Morgan fingerprint density at radius 1 is 1.22 bits per heavy atom. The summed E-state index contributed by atoms with van der Waals surface area (Å²) in [4.78, 5) is 16.0. The molecular formula is C18H30N3O2+. The minimum Gasteiger partial charge on any atom is -0.497 e. The van der Waals surface area contributed by atoms with Gasteiger partial charge >= 0.3 is 0 Å². The largest absolute Gasteiger partial charge is 0.497 e. The number of hydrogen-bond donors (Lipinski definition) is 2. The number of quaternary nitrogens is 1. The van der Waals surface area contributed by atoms with Gasteiger partial charge in [0.2, 0.25) is 0 Å². The third-order valence-corrected chi connectivity index (χ3v) is 4.53. The second-order valence-corrected chi connectivity index (χ2v) is 6.70. The average Bonchev–Trinajstić information content (AvgIpc) is 2.59. The monoisotopic (exact) mass is 320 g/mol. The third-order valence-electron chi connectivity index (χ3n) is 4.53. The van der Waals surface area contributed by atoms with Crippen LogP contribution in [0.2, 0.25) is 0 Å². The average molecular weight is 320 g/mol. The number of ether oxygens (including phenoxy) is 1. The predicted octanol–water partition coefficient (Wildman–Crippen LogP) is 0.561. The lowest BCUT2D eigenvalue weighted by molar-refractivity contribution is -0.914. The molecule has 1 heterocycles. The standard InChI is InChI=1S/C18H29N3O2/c1-14(2)13-19-18(22)15(3)20-9-11-21(12-10-20)16-5-7-17(23-4)8-6-16/h5-8,14-15H,9-13H2,1-4H3,(H,19,22)/p+1/t15-/m1/s1. The van der Waals surface area contributed by atoms with Gasteiger partial charge in [-0.05, 0) is 37.1 Å². The van der Waals surface area contributed by atoms with Crippen LogP contribution in [0.4, 0.5) is 5.69 Å². The van der Waals surface area contributed by atoms with Gasteiger partial charge in [0.25, 0.3) is 5.91 Å². The van der Waals surface area contributed by atoms with E-state index in [2.05, 4.69) is 36.2 Å². The molecule has 0 bridgehead atoms. The third kappa shape index (κ3) is 4.86. The van der Waals surface area contributed by atoms with Crippen molar-refractivity contribution in [3.63, 3.8) is 0 Å². The van der Waals surface area contributed by atoms with Crippen molar-refractivity contribution in [2.75, 3.05) is 44.7 Å². The number of carbonyl (C=O) groups is 1. The number of hydrogen-bond acceptors (Lipinski definition) is 3. The summed E-state index contributed by atoms with van der Waals surface area (Å²) < 4.78 is 5.20. The fourth-order valence-corrected chi connectivity index (χ4v) is 2.92. The van der Waals surface area contributed by atoms with Gasteiger partial charge in [-0.2, -0.15) is 0 Å². The highest BCUT2D eigenvalue weighted by Gasteiger charge is 2.29. The van der Waals surface area contributed by atoms with E-state index in [1.54, 1.807) is 7.11 Å². The van der Waals surface area contributed by atoms with Crippen LogP contribution in [-0.2, 0) is 4.79 Å². The lowest BCUT2D eigenvalue weighted by atomic mass is 10.1. The number of nitrogens with one attached hydrogen (secondary N) is 2. The second-order valence-electron chi connectivity index (χ2n) is 6.70. The molecule has 1 aliphatic heterocycles. The summed E-state index contributed by atoms with van der Waals surface area (Å²) in [5.41, 5.74) is 1.22. The molecule has 0 unspecified atom stereocenters. The van der Waals surface area contributed by atoms with E-state index in [4.69, 9.17) is 4.74 Å². The molecule has 0 spiro atoms. The predicted molar refractivity (Wildman–Crippen MR) is 93.2 cm³/mol. The van der Waals surface area contributed by atoms with E-state index in [1.807, 2.05) is 19.1 Å². The summed E-state index contributed by atoms with van der Waals surface area (Å²) in [5.74, 6) is 1.55. The Hall–Kier alpha value is -1.75. The number of methoxy groups -OCH3 is 1. The van der Waals surface area contributed by atoms with Gasteiger partial charge in [-0.25, -0.2) is 0 Å². The van der Waals surface area contributed by atoms with Crippen LogP contribution in [0.15, 0.2) is 24.3 Å². The molecule has 1 aromatic rings. The van der Waals surface area contributed by atoms with Crippen molar-refractivity contribution < 1.29 is 14.4 Å². The van der Waals surface area contributed by atoms with Crippen molar-refractivity contribution in [1.29, 1.82) is 0 Å². The van der Waals surface area contributed by atoms with Crippen molar-refractivity contribution in [3.05, 3.63) is 24.3 Å². The Morgan fingerprint density at radius 3 is 2.35 bits per heavy atom. The Bertz CT molecular complexity index is 493. The van der Waals surface area contributed by atoms with Crippen LogP contribution in [0.1, 0.15) is 20.8 Å². The number of benzene rings is 1. The molecule has 1 aromatic carbocycles. The maximum absolute atomic E-state index is 12.2. The van der Waals surface area contributed by atoms with E-state index in [0.717, 1.165) is 38.5 Å². The Kier molecular flexibility index (Phi) is 6.28. The molecule has 0 aliphatic carbocycles. The van der Waals surface area contributed by atoms with Crippen molar-refractivity contribution in [1.82, 2.24) is 5.32 Å². The van der Waals surface area contributed by atoms with Crippen LogP contribution >= 0.6 is 0 Å². The van der Waals surface area contributed by atoms with Gasteiger partial charge in [0.15, 0.2) is 6.04 Å². The van der Waals surface area contributed by atoms with Gasteiger partial charge in [-0.1, -0.05) is 13.8 Å². The Balaban J connectivity index is 1.83. The molecule has 2 N–H and O–H groups in total. The maximum atomic E-state index is 12.2. The topological polar surface area (TPSA) is 46.0 Å². The molecule has 5 nitrogen and oxygen atoms in total. The van der Waals surface area contributed by atoms with Gasteiger partial charge in [0, 0.05) is 12.2 Å². The fourth-order valence-electron chi connectivity index (χ4n) is 2.92. The SMILES string of the molecule is COc1ccc(N2CC[NH+]([C@H](C)C(=O)NCC(C)C)CC2)cc1. The fraction of sp³-hybridized carbons (Fsp3) is 0.611. The number of anilines is 1. The van der Waals surface area contributed by atoms with Crippen LogP contribution in [0.5, 0.6) is 5.75 Å². The highest BCUT2D eigenvalue weighted by Crippen LogP contribution is 2.18. The number of rotatable bonds is 6. The van der Waals surface area contributed by atoms with E-state index < -0.39 is 0 Å². The summed E-state index contributed by atoms with van der Waals surface area (Å²) in [6.45, 7) is 11.0. The van der Waals surface area contributed by atoms with Crippen molar-refractivity contribution in [2.45, 2.75) is 26.8 Å². The second kappa shape index (κ2) is 8.20. The molecule has 0 aromatic heterocycles. The first kappa shape index (κ1) is 17.6. The molecule has 2 rings (SSSR count).